The summed E-state index contributed by atoms with van der Waals surface area (Å²) in [6, 6.07) is 6.24. The highest BCUT2D eigenvalue weighted by molar-refractivity contribution is 6.05. The molecule has 2 aliphatic heterocycles. The number of carbonyl (C=O) groups excluding carboxylic acids is 1. The quantitative estimate of drug-likeness (QED) is 0.834. The van der Waals surface area contributed by atoms with Gasteiger partial charge in [0, 0.05) is 30.5 Å². The number of hydrogen-bond acceptors (Lipinski definition) is 4. The first-order valence-electron chi connectivity index (χ1n) is 10.00. The Hall–Kier alpha value is -1.95. The Labute approximate surface area is 159 Å². The standard InChI is InChI=1S/C21H28FN3O2/c1-20(13-18(24-27-20)16-6-5-7-17(22)12-16)19(26)23-14-21(8-9-21)15-25-10-3-2-4-11-25/h5-7,12H,2-4,8-11,13-15H2,1H3,(H,23,26). The Kier molecular flexibility index (Phi) is 4.93. The van der Waals surface area contributed by atoms with Crippen molar-refractivity contribution in [2.24, 2.45) is 10.6 Å². The van der Waals surface area contributed by atoms with Crippen LogP contribution in [0.2, 0.25) is 0 Å². The van der Waals surface area contributed by atoms with Crippen LogP contribution >= 0.6 is 0 Å². The zero-order valence-electron chi connectivity index (χ0n) is 16.0. The maximum atomic E-state index is 13.4. The molecule has 0 bridgehead atoms. The predicted octanol–water partition coefficient (Wildman–Crippen LogP) is 3.09. The minimum Gasteiger partial charge on any atom is -0.379 e. The zero-order valence-corrected chi connectivity index (χ0v) is 16.0. The molecule has 0 radical (unpaired) electrons. The third-order valence-corrected chi connectivity index (χ3v) is 6.09. The van der Waals surface area contributed by atoms with E-state index in [-0.39, 0.29) is 17.1 Å². The number of benzene rings is 1. The van der Waals surface area contributed by atoms with Crippen molar-refractivity contribution in [3.05, 3.63) is 35.6 Å². The molecule has 6 heteroatoms. The largest absolute Gasteiger partial charge is 0.379 e. The monoisotopic (exact) mass is 373 g/mol. The van der Waals surface area contributed by atoms with Crippen molar-refractivity contribution in [1.29, 1.82) is 0 Å². The van der Waals surface area contributed by atoms with Crippen molar-refractivity contribution < 1.29 is 14.0 Å². The highest BCUT2D eigenvalue weighted by Crippen LogP contribution is 2.46. The summed E-state index contributed by atoms with van der Waals surface area (Å²) >= 11 is 0. The Morgan fingerprint density at radius 3 is 2.78 bits per heavy atom. The Morgan fingerprint density at radius 2 is 2.07 bits per heavy atom. The van der Waals surface area contributed by atoms with Crippen LogP contribution in [-0.2, 0) is 9.63 Å². The molecule has 4 rings (SSSR count). The van der Waals surface area contributed by atoms with Crippen LogP contribution in [0.15, 0.2) is 29.4 Å². The molecule has 27 heavy (non-hydrogen) atoms. The molecule has 5 nitrogen and oxygen atoms in total. The van der Waals surface area contributed by atoms with Gasteiger partial charge < -0.3 is 15.1 Å². The van der Waals surface area contributed by atoms with Crippen molar-refractivity contribution in [2.75, 3.05) is 26.2 Å². The van der Waals surface area contributed by atoms with E-state index in [1.54, 1.807) is 19.1 Å². The number of halogens is 1. The van der Waals surface area contributed by atoms with Gasteiger partial charge >= 0.3 is 0 Å². The number of amides is 1. The van der Waals surface area contributed by atoms with Crippen LogP contribution in [0.5, 0.6) is 0 Å². The summed E-state index contributed by atoms with van der Waals surface area (Å²) in [5, 5.41) is 7.16. The van der Waals surface area contributed by atoms with Crippen LogP contribution in [0.25, 0.3) is 0 Å². The molecule has 146 valence electrons. The Morgan fingerprint density at radius 1 is 1.30 bits per heavy atom. The van der Waals surface area contributed by atoms with Crippen LogP contribution in [0, 0.1) is 11.2 Å². The smallest absolute Gasteiger partial charge is 0.267 e. The van der Waals surface area contributed by atoms with Gasteiger partial charge in [0.2, 0.25) is 5.60 Å². The number of piperidine rings is 1. The topological polar surface area (TPSA) is 53.9 Å². The van der Waals surface area contributed by atoms with Gasteiger partial charge in [-0.1, -0.05) is 23.7 Å². The maximum absolute atomic E-state index is 13.4. The molecular formula is C21H28FN3O2. The molecule has 1 aromatic rings. The van der Waals surface area contributed by atoms with Crippen LogP contribution in [0.4, 0.5) is 4.39 Å². The van der Waals surface area contributed by atoms with E-state index in [1.807, 2.05) is 0 Å². The lowest BCUT2D eigenvalue weighted by molar-refractivity contribution is -0.142. The summed E-state index contributed by atoms with van der Waals surface area (Å²) < 4.78 is 13.4. The zero-order chi connectivity index (χ0) is 18.9. The van der Waals surface area contributed by atoms with Crippen LogP contribution in [0.3, 0.4) is 0 Å². The fraction of sp³-hybridized carbons (Fsp3) is 0.619. The first kappa shape index (κ1) is 18.4. The Balaban J connectivity index is 1.31. The van der Waals surface area contributed by atoms with E-state index in [2.05, 4.69) is 15.4 Å². The van der Waals surface area contributed by atoms with Crippen molar-refractivity contribution in [3.8, 4) is 0 Å². The number of likely N-dealkylation sites (tertiary alicyclic amines) is 1. The molecule has 3 aliphatic rings. The van der Waals surface area contributed by atoms with Gasteiger partial charge in [-0.3, -0.25) is 4.79 Å². The molecule has 1 saturated carbocycles. The molecule has 0 spiro atoms. The van der Waals surface area contributed by atoms with Gasteiger partial charge in [-0.2, -0.15) is 0 Å². The van der Waals surface area contributed by atoms with Crippen molar-refractivity contribution in [3.63, 3.8) is 0 Å². The fourth-order valence-electron chi connectivity index (χ4n) is 4.10. The normalized spacial score (nSPS) is 27.0. The van der Waals surface area contributed by atoms with Gasteiger partial charge in [0.05, 0.1) is 5.71 Å². The molecule has 1 aliphatic carbocycles. The number of rotatable bonds is 6. The first-order chi connectivity index (χ1) is 13.0. The first-order valence-corrected chi connectivity index (χ1v) is 10.00. The number of nitrogens with one attached hydrogen (secondary N) is 1. The van der Waals surface area contributed by atoms with Crippen LogP contribution in [0.1, 0.15) is 51.0 Å². The van der Waals surface area contributed by atoms with Gasteiger partial charge in [-0.25, -0.2) is 4.39 Å². The number of nitrogens with zero attached hydrogens (tertiary/aromatic N) is 2. The third-order valence-electron chi connectivity index (χ3n) is 6.09. The lowest BCUT2D eigenvalue weighted by atomic mass is 9.94. The molecule has 0 aromatic heterocycles. The van der Waals surface area contributed by atoms with Gasteiger partial charge in [-0.05, 0) is 57.8 Å². The lowest BCUT2D eigenvalue weighted by Crippen LogP contribution is -2.48. The number of oxime groups is 1. The minimum atomic E-state index is -1.02. The summed E-state index contributed by atoms with van der Waals surface area (Å²) in [4.78, 5) is 20.8. The highest BCUT2D eigenvalue weighted by Gasteiger charge is 2.47. The van der Waals surface area contributed by atoms with E-state index in [9.17, 15) is 9.18 Å². The molecule has 1 unspecified atom stereocenters. The van der Waals surface area contributed by atoms with E-state index in [0.29, 0.717) is 24.2 Å². The van der Waals surface area contributed by atoms with Gasteiger partial charge in [0.1, 0.15) is 5.82 Å². The summed E-state index contributed by atoms with van der Waals surface area (Å²) in [5.41, 5.74) is 0.480. The van der Waals surface area contributed by atoms with Crippen molar-refractivity contribution in [2.45, 2.75) is 51.0 Å². The second-order valence-corrected chi connectivity index (χ2v) is 8.57. The third kappa shape index (κ3) is 4.15. The molecule has 2 heterocycles. The average Bonchev–Trinajstić information content (AvgIpc) is 3.31. The molecule has 1 N–H and O–H groups in total. The van der Waals surface area contributed by atoms with Crippen molar-refractivity contribution in [1.82, 2.24) is 10.2 Å². The predicted molar refractivity (Wildman–Crippen MR) is 102 cm³/mol. The van der Waals surface area contributed by atoms with Gasteiger partial charge in [0.25, 0.3) is 5.91 Å². The van der Waals surface area contributed by atoms with E-state index < -0.39 is 5.60 Å². The highest BCUT2D eigenvalue weighted by atomic mass is 19.1. The van der Waals surface area contributed by atoms with Crippen LogP contribution in [-0.4, -0.2) is 48.3 Å². The van der Waals surface area contributed by atoms with Crippen LogP contribution < -0.4 is 5.32 Å². The van der Waals surface area contributed by atoms with Gasteiger partial charge in [0.15, 0.2) is 0 Å². The maximum Gasteiger partial charge on any atom is 0.267 e. The molecule has 1 aromatic carbocycles. The summed E-state index contributed by atoms with van der Waals surface area (Å²) in [6.07, 6.45) is 6.60. The summed E-state index contributed by atoms with van der Waals surface area (Å²) in [6.45, 7) is 5.89. The SMILES string of the molecule is CC1(C(=O)NCC2(CN3CCCCC3)CC2)CC(c2cccc(F)c2)=NO1. The molecule has 1 atom stereocenters. The average molecular weight is 373 g/mol. The van der Waals surface area contributed by atoms with E-state index in [1.165, 1.54) is 57.3 Å². The summed E-state index contributed by atoms with van der Waals surface area (Å²) in [7, 11) is 0. The minimum absolute atomic E-state index is 0.137. The lowest BCUT2D eigenvalue weighted by Gasteiger charge is -2.31. The van der Waals surface area contributed by atoms with E-state index >= 15 is 0 Å². The molecule has 2 fully saturated rings. The second kappa shape index (κ2) is 7.23. The number of hydrogen-bond donors (Lipinski definition) is 1. The second-order valence-electron chi connectivity index (χ2n) is 8.57. The van der Waals surface area contributed by atoms with E-state index in [4.69, 9.17) is 4.84 Å². The summed E-state index contributed by atoms with van der Waals surface area (Å²) in [5.74, 6) is -0.454. The molecule has 1 amide bonds. The van der Waals surface area contributed by atoms with E-state index in [0.717, 1.165) is 6.54 Å². The van der Waals surface area contributed by atoms with Crippen molar-refractivity contribution >= 4 is 11.6 Å². The molecular weight excluding hydrogens is 345 g/mol. The Bertz CT molecular complexity index is 741. The van der Waals surface area contributed by atoms with Gasteiger partial charge in [-0.15, -0.1) is 0 Å². The number of carbonyl (C=O) groups is 1. The molecule has 1 saturated heterocycles. The fourth-order valence-corrected chi connectivity index (χ4v) is 4.10.